The van der Waals surface area contributed by atoms with Gasteiger partial charge in [-0.05, 0) is 24.5 Å². The molecular weight excluding hydrogens is 292 g/mol. The average molecular weight is 313 g/mol. The van der Waals surface area contributed by atoms with E-state index in [1.165, 1.54) is 18.2 Å². The smallest absolute Gasteiger partial charge is 0.288 e. The molecule has 0 radical (unpaired) electrons. The molecule has 5 nitrogen and oxygen atoms in total. The number of nitrogens with one attached hydrogen (secondary N) is 1. The predicted molar refractivity (Wildman–Crippen MR) is 83.7 cm³/mol. The standard InChI is InChI=1S/C15H21ClN2O3/c1-3-5-6-11(4-2)10-17-15(19)12-7-8-13(16)14(9-12)18(20)21/h7-9,11H,3-6,10H2,1-2H3,(H,17,19)/t11-/m1/s1. The second-order valence-electron chi connectivity index (χ2n) is 5.05. The predicted octanol–water partition coefficient (Wildman–Crippen LogP) is 4.19. The quantitative estimate of drug-likeness (QED) is 0.577. The van der Waals surface area contributed by atoms with Crippen LogP contribution in [-0.2, 0) is 0 Å². The Balaban J connectivity index is 2.67. The molecule has 1 rings (SSSR count). The lowest BCUT2D eigenvalue weighted by molar-refractivity contribution is -0.384. The molecule has 0 unspecified atom stereocenters. The Bertz CT molecular complexity index is 506. The fourth-order valence-electron chi connectivity index (χ4n) is 2.08. The third-order valence-corrected chi connectivity index (χ3v) is 3.82. The molecule has 0 heterocycles. The lowest BCUT2D eigenvalue weighted by Gasteiger charge is -2.15. The van der Waals surface area contributed by atoms with Crippen LogP contribution in [0.5, 0.6) is 0 Å². The highest BCUT2D eigenvalue weighted by Gasteiger charge is 2.16. The molecular formula is C15H21ClN2O3. The number of rotatable bonds is 8. The fraction of sp³-hybridized carbons (Fsp3) is 0.533. The largest absolute Gasteiger partial charge is 0.352 e. The average Bonchev–Trinajstić information content (AvgIpc) is 2.47. The molecule has 6 heteroatoms. The molecule has 0 bridgehead atoms. The summed E-state index contributed by atoms with van der Waals surface area (Å²) in [5.74, 6) is 0.140. The Morgan fingerprint density at radius 1 is 1.43 bits per heavy atom. The van der Waals surface area contributed by atoms with Gasteiger partial charge >= 0.3 is 0 Å². The van der Waals surface area contributed by atoms with Crippen LogP contribution in [0.1, 0.15) is 49.9 Å². The zero-order chi connectivity index (χ0) is 15.8. The number of nitrogens with zero attached hydrogens (tertiary/aromatic N) is 1. The summed E-state index contributed by atoms with van der Waals surface area (Å²) in [6, 6.07) is 4.09. The third-order valence-electron chi connectivity index (χ3n) is 3.50. The Morgan fingerprint density at radius 2 is 2.14 bits per heavy atom. The van der Waals surface area contributed by atoms with Gasteiger partial charge < -0.3 is 5.32 Å². The van der Waals surface area contributed by atoms with Crippen molar-refractivity contribution in [3.05, 3.63) is 38.9 Å². The van der Waals surface area contributed by atoms with Crippen molar-refractivity contribution in [1.29, 1.82) is 0 Å². The summed E-state index contributed by atoms with van der Waals surface area (Å²) in [5.41, 5.74) is 0.0128. The molecule has 0 aromatic heterocycles. The SMILES string of the molecule is CCCC[C@@H](CC)CNC(=O)c1ccc(Cl)c([N+](=O)[O-])c1. The van der Waals surface area contributed by atoms with Gasteiger partial charge in [0.1, 0.15) is 5.02 Å². The van der Waals surface area contributed by atoms with Crippen LogP contribution < -0.4 is 5.32 Å². The van der Waals surface area contributed by atoms with Crippen molar-refractivity contribution in [2.75, 3.05) is 6.54 Å². The zero-order valence-corrected chi connectivity index (χ0v) is 13.2. The topological polar surface area (TPSA) is 72.2 Å². The fourth-order valence-corrected chi connectivity index (χ4v) is 2.26. The highest BCUT2D eigenvalue weighted by molar-refractivity contribution is 6.32. The van der Waals surface area contributed by atoms with E-state index in [0.29, 0.717) is 12.5 Å². The number of carbonyl (C=O) groups excluding carboxylic acids is 1. The number of hydrogen-bond acceptors (Lipinski definition) is 3. The first-order valence-electron chi connectivity index (χ1n) is 7.21. The van der Waals surface area contributed by atoms with Gasteiger partial charge in [-0.15, -0.1) is 0 Å². The summed E-state index contributed by atoms with van der Waals surface area (Å²) < 4.78 is 0. The van der Waals surface area contributed by atoms with E-state index in [1.54, 1.807) is 0 Å². The molecule has 0 saturated carbocycles. The summed E-state index contributed by atoms with van der Waals surface area (Å²) in [6.07, 6.45) is 4.35. The first-order valence-corrected chi connectivity index (χ1v) is 7.59. The first kappa shape index (κ1) is 17.4. The molecule has 0 fully saturated rings. The number of halogens is 1. The summed E-state index contributed by atoms with van der Waals surface area (Å²) in [4.78, 5) is 22.3. The van der Waals surface area contributed by atoms with E-state index in [-0.39, 0.29) is 22.2 Å². The normalized spacial score (nSPS) is 12.0. The van der Waals surface area contributed by atoms with Gasteiger partial charge in [0.25, 0.3) is 11.6 Å². The van der Waals surface area contributed by atoms with Crippen molar-refractivity contribution in [3.8, 4) is 0 Å². The molecule has 0 aliphatic heterocycles. The van der Waals surface area contributed by atoms with Gasteiger partial charge in [-0.3, -0.25) is 14.9 Å². The van der Waals surface area contributed by atoms with Gasteiger partial charge in [-0.25, -0.2) is 0 Å². The molecule has 0 aliphatic rings. The first-order chi connectivity index (χ1) is 9.99. The number of amides is 1. The van der Waals surface area contributed by atoms with Gasteiger partial charge in [0.2, 0.25) is 0 Å². The lowest BCUT2D eigenvalue weighted by Crippen LogP contribution is -2.29. The minimum absolute atomic E-state index is 0.0333. The van der Waals surface area contributed by atoms with Gasteiger partial charge in [0, 0.05) is 18.2 Å². The number of benzene rings is 1. The van der Waals surface area contributed by atoms with Crippen LogP contribution in [0.2, 0.25) is 5.02 Å². The zero-order valence-electron chi connectivity index (χ0n) is 12.4. The van der Waals surface area contributed by atoms with E-state index in [2.05, 4.69) is 19.2 Å². The Kier molecular flexibility index (Phi) is 7.15. The van der Waals surface area contributed by atoms with Crippen LogP contribution in [0.4, 0.5) is 5.69 Å². The minimum atomic E-state index is -0.588. The molecule has 0 saturated heterocycles. The van der Waals surface area contributed by atoms with Crippen molar-refractivity contribution >= 4 is 23.2 Å². The van der Waals surface area contributed by atoms with Crippen molar-refractivity contribution in [3.63, 3.8) is 0 Å². The number of nitro groups is 1. The van der Waals surface area contributed by atoms with E-state index >= 15 is 0 Å². The van der Waals surface area contributed by atoms with Gasteiger partial charge in [-0.2, -0.15) is 0 Å². The minimum Gasteiger partial charge on any atom is -0.352 e. The second-order valence-corrected chi connectivity index (χ2v) is 5.46. The molecule has 1 aromatic carbocycles. The van der Waals surface area contributed by atoms with E-state index in [9.17, 15) is 14.9 Å². The molecule has 0 aliphatic carbocycles. The third kappa shape index (κ3) is 5.34. The highest BCUT2D eigenvalue weighted by atomic mass is 35.5. The van der Waals surface area contributed by atoms with Crippen LogP contribution in [0.15, 0.2) is 18.2 Å². The molecule has 1 atom stereocenters. The molecule has 1 aromatic rings. The van der Waals surface area contributed by atoms with Crippen LogP contribution in [0.3, 0.4) is 0 Å². The van der Waals surface area contributed by atoms with E-state index in [4.69, 9.17) is 11.6 Å². The molecule has 1 N–H and O–H groups in total. The number of nitro benzene ring substituents is 1. The lowest BCUT2D eigenvalue weighted by atomic mass is 9.99. The molecule has 21 heavy (non-hydrogen) atoms. The van der Waals surface area contributed by atoms with Crippen LogP contribution in [0.25, 0.3) is 0 Å². The van der Waals surface area contributed by atoms with Gasteiger partial charge in [0.15, 0.2) is 0 Å². The maximum atomic E-state index is 12.0. The van der Waals surface area contributed by atoms with Gasteiger partial charge in [-0.1, -0.05) is 44.7 Å². The van der Waals surface area contributed by atoms with Crippen LogP contribution >= 0.6 is 11.6 Å². The Labute approximate surface area is 129 Å². The Hall–Kier alpha value is -1.62. The van der Waals surface area contributed by atoms with Crippen LogP contribution in [-0.4, -0.2) is 17.4 Å². The maximum Gasteiger partial charge on any atom is 0.288 e. The summed E-state index contributed by atoms with van der Waals surface area (Å²) in [6.45, 7) is 4.82. The molecule has 116 valence electrons. The van der Waals surface area contributed by atoms with E-state index in [0.717, 1.165) is 25.7 Å². The van der Waals surface area contributed by atoms with E-state index in [1.807, 2.05) is 0 Å². The number of carbonyl (C=O) groups is 1. The van der Waals surface area contributed by atoms with Crippen molar-refractivity contribution in [1.82, 2.24) is 5.32 Å². The molecule has 1 amide bonds. The molecule has 0 spiro atoms. The van der Waals surface area contributed by atoms with Crippen molar-refractivity contribution < 1.29 is 9.72 Å². The van der Waals surface area contributed by atoms with Gasteiger partial charge in [0.05, 0.1) is 4.92 Å². The van der Waals surface area contributed by atoms with E-state index < -0.39 is 4.92 Å². The summed E-state index contributed by atoms with van der Waals surface area (Å²) >= 11 is 5.73. The maximum absolute atomic E-state index is 12.0. The number of unbranched alkanes of at least 4 members (excludes halogenated alkanes) is 1. The summed E-state index contributed by atoms with van der Waals surface area (Å²) in [5, 5.41) is 13.7. The number of hydrogen-bond donors (Lipinski definition) is 1. The van der Waals surface area contributed by atoms with Crippen molar-refractivity contribution in [2.24, 2.45) is 5.92 Å². The Morgan fingerprint density at radius 3 is 2.71 bits per heavy atom. The highest BCUT2D eigenvalue weighted by Crippen LogP contribution is 2.25. The van der Waals surface area contributed by atoms with Crippen LogP contribution in [0, 0.1) is 16.0 Å². The van der Waals surface area contributed by atoms with Crippen molar-refractivity contribution in [2.45, 2.75) is 39.5 Å². The second kappa shape index (κ2) is 8.62. The summed E-state index contributed by atoms with van der Waals surface area (Å²) in [7, 11) is 0. The monoisotopic (exact) mass is 312 g/mol.